The van der Waals surface area contributed by atoms with E-state index in [1.807, 2.05) is 0 Å². The third kappa shape index (κ3) is 6.03. The number of carboxylic acids is 1. The number of nitrogens with one attached hydrogen (secondary N) is 1. The van der Waals surface area contributed by atoms with Crippen LogP contribution in [0.1, 0.15) is 40.5 Å². The first-order valence-corrected chi connectivity index (χ1v) is 6.60. The van der Waals surface area contributed by atoms with E-state index in [4.69, 9.17) is 5.11 Å². The highest BCUT2D eigenvalue weighted by atomic mass is 16.4. The van der Waals surface area contributed by atoms with E-state index in [1.54, 1.807) is 7.05 Å². The molecule has 0 aliphatic rings. The first kappa shape index (κ1) is 16.4. The lowest BCUT2D eigenvalue weighted by Gasteiger charge is -2.33. The maximum atomic E-state index is 11.1. The van der Waals surface area contributed by atoms with Gasteiger partial charge in [-0.25, -0.2) is 0 Å². The largest absolute Gasteiger partial charge is 0.480 e. The summed E-state index contributed by atoms with van der Waals surface area (Å²) in [7, 11) is 1.71. The van der Waals surface area contributed by atoms with Crippen molar-refractivity contribution in [1.82, 2.24) is 10.2 Å². The molecule has 0 rings (SSSR count). The van der Waals surface area contributed by atoms with Gasteiger partial charge in [0.2, 0.25) is 0 Å². The zero-order chi connectivity index (χ0) is 13.4. The smallest absolute Gasteiger partial charge is 0.322 e. The van der Waals surface area contributed by atoms with E-state index in [0.717, 1.165) is 19.4 Å². The Balaban J connectivity index is 4.61. The van der Waals surface area contributed by atoms with Crippen molar-refractivity contribution in [3.05, 3.63) is 0 Å². The van der Waals surface area contributed by atoms with Crippen LogP contribution >= 0.6 is 0 Å². The van der Waals surface area contributed by atoms with Crippen LogP contribution in [-0.2, 0) is 4.79 Å². The van der Waals surface area contributed by atoms with Gasteiger partial charge in [-0.1, -0.05) is 27.7 Å². The van der Waals surface area contributed by atoms with Crippen molar-refractivity contribution in [3.63, 3.8) is 0 Å². The molecule has 0 aliphatic carbocycles. The fourth-order valence-electron chi connectivity index (χ4n) is 2.17. The zero-order valence-corrected chi connectivity index (χ0v) is 11.9. The first-order chi connectivity index (χ1) is 7.96. The van der Waals surface area contributed by atoms with Gasteiger partial charge < -0.3 is 10.4 Å². The average molecular weight is 244 g/mol. The lowest BCUT2D eigenvalue weighted by molar-refractivity contribution is -0.140. The molecule has 0 saturated carbocycles. The van der Waals surface area contributed by atoms with E-state index in [2.05, 4.69) is 37.9 Å². The number of aliphatic carboxylic acids is 1. The SMILES string of the molecule is CCC(CC)N(CC(C)C)CC(NC)C(=O)O. The van der Waals surface area contributed by atoms with Crippen LogP contribution in [0.15, 0.2) is 0 Å². The number of hydrogen-bond acceptors (Lipinski definition) is 3. The van der Waals surface area contributed by atoms with E-state index in [0.29, 0.717) is 18.5 Å². The molecule has 102 valence electrons. The van der Waals surface area contributed by atoms with Gasteiger partial charge in [-0.2, -0.15) is 0 Å². The zero-order valence-electron chi connectivity index (χ0n) is 11.9. The quantitative estimate of drug-likeness (QED) is 0.649. The summed E-state index contributed by atoms with van der Waals surface area (Å²) in [5.41, 5.74) is 0. The molecule has 0 fully saturated rings. The number of carbonyl (C=O) groups is 1. The van der Waals surface area contributed by atoms with Crippen LogP contribution in [0.2, 0.25) is 0 Å². The Hall–Kier alpha value is -0.610. The molecule has 0 aliphatic heterocycles. The molecule has 1 unspecified atom stereocenters. The number of nitrogens with zero attached hydrogens (tertiary/aromatic N) is 1. The van der Waals surface area contributed by atoms with E-state index < -0.39 is 12.0 Å². The van der Waals surface area contributed by atoms with Crippen molar-refractivity contribution in [3.8, 4) is 0 Å². The van der Waals surface area contributed by atoms with Crippen molar-refractivity contribution in [2.24, 2.45) is 5.92 Å². The van der Waals surface area contributed by atoms with Crippen molar-refractivity contribution < 1.29 is 9.90 Å². The van der Waals surface area contributed by atoms with Crippen molar-refractivity contribution in [2.75, 3.05) is 20.1 Å². The summed E-state index contributed by atoms with van der Waals surface area (Å²) in [6, 6.07) is 0.00181. The molecule has 0 amide bonds. The Labute approximate surface area is 105 Å². The van der Waals surface area contributed by atoms with E-state index in [1.165, 1.54) is 0 Å². The first-order valence-electron chi connectivity index (χ1n) is 6.60. The molecule has 1 atom stereocenters. The van der Waals surface area contributed by atoms with Gasteiger partial charge in [0.15, 0.2) is 0 Å². The highest BCUT2D eigenvalue weighted by molar-refractivity contribution is 5.73. The fourth-order valence-corrected chi connectivity index (χ4v) is 2.17. The van der Waals surface area contributed by atoms with Crippen molar-refractivity contribution in [2.45, 2.75) is 52.6 Å². The molecule has 0 radical (unpaired) electrons. The van der Waals surface area contributed by atoms with Gasteiger partial charge in [-0.15, -0.1) is 0 Å². The Bertz CT molecular complexity index is 215. The van der Waals surface area contributed by atoms with Crippen LogP contribution < -0.4 is 5.32 Å². The van der Waals surface area contributed by atoms with Gasteiger partial charge in [0.05, 0.1) is 0 Å². The highest BCUT2D eigenvalue weighted by Crippen LogP contribution is 2.12. The number of likely N-dealkylation sites (N-methyl/N-ethyl adjacent to an activating group) is 1. The van der Waals surface area contributed by atoms with Gasteiger partial charge in [0, 0.05) is 19.1 Å². The highest BCUT2D eigenvalue weighted by Gasteiger charge is 2.23. The summed E-state index contributed by atoms with van der Waals surface area (Å²) >= 11 is 0. The van der Waals surface area contributed by atoms with Gasteiger partial charge in [-0.05, 0) is 25.8 Å². The van der Waals surface area contributed by atoms with Crippen LogP contribution in [-0.4, -0.2) is 48.2 Å². The second-order valence-corrected chi connectivity index (χ2v) is 5.00. The molecule has 17 heavy (non-hydrogen) atoms. The summed E-state index contributed by atoms with van der Waals surface area (Å²) in [6.45, 7) is 10.2. The third-order valence-electron chi connectivity index (χ3n) is 3.12. The predicted molar refractivity (Wildman–Crippen MR) is 71.3 cm³/mol. The normalized spacial score (nSPS) is 13.6. The molecule has 0 bridgehead atoms. The van der Waals surface area contributed by atoms with Gasteiger partial charge in [-0.3, -0.25) is 9.69 Å². The number of hydrogen-bond donors (Lipinski definition) is 2. The van der Waals surface area contributed by atoms with Crippen LogP contribution in [0.4, 0.5) is 0 Å². The lowest BCUT2D eigenvalue weighted by Crippen LogP contribution is -2.49. The van der Waals surface area contributed by atoms with E-state index in [-0.39, 0.29) is 0 Å². The van der Waals surface area contributed by atoms with Gasteiger partial charge in [0.25, 0.3) is 0 Å². The number of rotatable bonds is 9. The van der Waals surface area contributed by atoms with Crippen LogP contribution in [0.25, 0.3) is 0 Å². The van der Waals surface area contributed by atoms with Crippen LogP contribution in [0.5, 0.6) is 0 Å². The molecule has 0 saturated heterocycles. The van der Waals surface area contributed by atoms with E-state index in [9.17, 15) is 4.79 Å². The molecule has 0 aromatic carbocycles. The molecule has 0 spiro atoms. The minimum Gasteiger partial charge on any atom is -0.480 e. The standard InChI is InChI=1S/C13H28N2O2/c1-6-11(7-2)15(8-10(3)4)9-12(14-5)13(16)17/h10-12,14H,6-9H2,1-5H3,(H,16,17). The molecular formula is C13H28N2O2. The predicted octanol–water partition coefficient (Wildman–Crippen LogP) is 1.81. The minimum absolute atomic E-state index is 0.477. The van der Waals surface area contributed by atoms with E-state index >= 15 is 0 Å². The summed E-state index contributed by atoms with van der Waals surface area (Å²) in [4.78, 5) is 13.4. The fraction of sp³-hybridized carbons (Fsp3) is 0.923. The topological polar surface area (TPSA) is 52.6 Å². The Morgan fingerprint density at radius 1 is 1.24 bits per heavy atom. The lowest BCUT2D eigenvalue weighted by atomic mass is 10.1. The Morgan fingerprint density at radius 3 is 2.06 bits per heavy atom. The van der Waals surface area contributed by atoms with Gasteiger partial charge in [0.1, 0.15) is 6.04 Å². The van der Waals surface area contributed by atoms with Gasteiger partial charge >= 0.3 is 5.97 Å². The average Bonchev–Trinajstić information content (AvgIpc) is 2.25. The Morgan fingerprint density at radius 2 is 1.76 bits per heavy atom. The summed E-state index contributed by atoms with van der Waals surface area (Å²) in [6.07, 6.45) is 2.14. The maximum Gasteiger partial charge on any atom is 0.322 e. The third-order valence-corrected chi connectivity index (χ3v) is 3.12. The van der Waals surface area contributed by atoms with Crippen molar-refractivity contribution in [1.29, 1.82) is 0 Å². The van der Waals surface area contributed by atoms with Crippen molar-refractivity contribution >= 4 is 5.97 Å². The monoisotopic (exact) mass is 244 g/mol. The summed E-state index contributed by atoms with van der Waals surface area (Å²) in [5, 5.41) is 12.0. The molecule has 0 aromatic heterocycles. The summed E-state index contributed by atoms with van der Waals surface area (Å²) < 4.78 is 0. The number of carboxylic acid groups (broad SMARTS) is 1. The molecule has 0 heterocycles. The maximum absolute atomic E-state index is 11.1. The van der Waals surface area contributed by atoms with Crippen LogP contribution in [0.3, 0.4) is 0 Å². The second-order valence-electron chi connectivity index (χ2n) is 5.00. The second kappa shape index (κ2) is 8.48. The molecular weight excluding hydrogens is 216 g/mol. The molecule has 0 aromatic rings. The van der Waals surface area contributed by atoms with Crippen LogP contribution in [0, 0.1) is 5.92 Å². The molecule has 4 heteroatoms. The summed E-state index contributed by atoms with van der Waals surface area (Å²) in [5.74, 6) is -0.214. The minimum atomic E-state index is -0.771. The Kier molecular flexibility index (Phi) is 8.17. The molecule has 4 nitrogen and oxygen atoms in total. The molecule has 2 N–H and O–H groups in total.